The highest BCUT2D eigenvalue weighted by atomic mass is 32.2. The van der Waals surface area contributed by atoms with Gasteiger partial charge in [0.15, 0.2) is 9.79 Å². The van der Waals surface area contributed by atoms with Gasteiger partial charge in [-0.2, -0.15) is 0 Å². The van der Waals surface area contributed by atoms with Crippen LogP contribution >= 0.6 is 0 Å². The first kappa shape index (κ1) is 12.3. The Morgan fingerprint density at radius 3 is 2.68 bits per heavy atom. The Balaban J connectivity index is 2.26. The molecule has 1 aliphatic heterocycles. The van der Waals surface area contributed by atoms with Crippen LogP contribution in [0.4, 0.5) is 0 Å². The molecular weight excluding hydrogens is 260 g/mol. The highest BCUT2D eigenvalue weighted by Gasteiger charge is 2.32. The average Bonchev–Trinajstić information content (AvgIpc) is 2.38. The Hall–Kier alpha value is -1.78. The molecule has 19 heavy (non-hydrogen) atoms. The number of hydrogen-bond acceptors (Lipinski definition) is 2. The number of carbonyl (C=O) groups is 1. The molecule has 1 unspecified atom stereocenters. The van der Waals surface area contributed by atoms with E-state index in [4.69, 9.17) is 0 Å². The van der Waals surface area contributed by atoms with Crippen LogP contribution in [0.3, 0.4) is 0 Å². The summed E-state index contributed by atoms with van der Waals surface area (Å²) in [4.78, 5) is 12.8. The monoisotopic (exact) mass is 272 g/mol. The molecule has 0 spiro atoms. The molecule has 0 bridgehead atoms. The molecule has 3 rings (SSSR count). The van der Waals surface area contributed by atoms with E-state index in [1.54, 1.807) is 19.1 Å². The van der Waals surface area contributed by atoms with Gasteiger partial charge in [0.1, 0.15) is 0 Å². The topological polar surface area (TPSA) is 60.4 Å². The van der Waals surface area contributed by atoms with Crippen LogP contribution in [-0.4, -0.2) is 15.6 Å². The lowest BCUT2D eigenvalue weighted by atomic mass is 9.95. The van der Waals surface area contributed by atoms with Crippen molar-refractivity contribution in [3.63, 3.8) is 0 Å². The molecule has 2 aromatic carbocycles. The largest absolute Gasteiger partial charge is 0.606 e. The summed E-state index contributed by atoms with van der Waals surface area (Å²) in [7, 11) is 0. The number of benzene rings is 2. The summed E-state index contributed by atoms with van der Waals surface area (Å²) in [6, 6.07) is 11.0. The summed E-state index contributed by atoms with van der Waals surface area (Å²) in [6.45, 7) is 1.77. The summed E-state index contributed by atoms with van der Waals surface area (Å²) in [6.07, 6.45) is 0.528. The van der Waals surface area contributed by atoms with Gasteiger partial charge in [-0.05, 0) is 24.6 Å². The van der Waals surface area contributed by atoms with Gasteiger partial charge in [-0.25, -0.2) is 4.79 Å². The molecule has 0 aliphatic carbocycles. The minimum absolute atomic E-state index is 0.292. The van der Waals surface area contributed by atoms with Gasteiger partial charge >= 0.3 is 5.97 Å². The SMILES string of the molecule is Cc1ccc2c(c1C(=O)O)Cc1ccccc1[S+]2[O-]. The van der Waals surface area contributed by atoms with Crippen LogP contribution in [0.5, 0.6) is 0 Å². The van der Waals surface area contributed by atoms with Gasteiger partial charge in [0.2, 0.25) is 0 Å². The van der Waals surface area contributed by atoms with E-state index in [1.165, 1.54) is 0 Å². The zero-order chi connectivity index (χ0) is 13.6. The molecule has 0 amide bonds. The Morgan fingerprint density at radius 2 is 1.95 bits per heavy atom. The second-order valence-electron chi connectivity index (χ2n) is 4.59. The smallest absolute Gasteiger partial charge is 0.336 e. The maximum Gasteiger partial charge on any atom is 0.336 e. The van der Waals surface area contributed by atoms with Crippen LogP contribution in [0.25, 0.3) is 0 Å². The third-order valence-corrected chi connectivity index (χ3v) is 5.01. The lowest BCUT2D eigenvalue weighted by Crippen LogP contribution is -2.18. The van der Waals surface area contributed by atoms with Crippen molar-refractivity contribution in [1.82, 2.24) is 0 Å². The molecule has 0 aromatic heterocycles. The quantitative estimate of drug-likeness (QED) is 0.812. The first-order valence-corrected chi connectivity index (χ1v) is 7.10. The Kier molecular flexibility index (Phi) is 2.84. The van der Waals surface area contributed by atoms with Gasteiger partial charge in [-0.15, -0.1) is 0 Å². The molecule has 1 atom stereocenters. The molecule has 96 valence electrons. The van der Waals surface area contributed by atoms with Crippen molar-refractivity contribution in [1.29, 1.82) is 0 Å². The number of hydrogen-bond donors (Lipinski definition) is 1. The first-order chi connectivity index (χ1) is 9.09. The number of carboxylic acids is 1. The predicted molar refractivity (Wildman–Crippen MR) is 72.1 cm³/mol. The van der Waals surface area contributed by atoms with Gasteiger partial charge in [-0.1, -0.05) is 24.3 Å². The Bertz CT molecular complexity index is 679. The number of carboxylic acid groups (broad SMARTS) is 1. The maximum absolute atomic E-state index is 12.5. The van der Waals surface area contributed by atoms with Crippen molar-refractivity contribution < 1.29 is 14.5 Å². The van der Waals surface area contributed by atoms with E-state index in [9.17, 15) is 14.5 Å². The molecule has 0 fully saturated rings. The van der Waals surface area contributed by atoms with Crippen LogP contribution in [0.15, 0.2) is 46.2 Å². The maximum atomic E-state index is 12.5. The molecule has 3 nitrogen and oxygen atoms in total. The van der Waals surface area contributed by atoms with Gasteiger partial charge in [-0.3, -0.25) is 0 Å². The number of rotatable bonds is 1. The van der Waals surface area contributed by atoms with Crippen LogP contribution < -0.4 is 0 Å². The predicted octanol–water partition coefficient (Wildman–Crippen LogP) is 2.76. The van der Waals surface area contributed by atoms with Crippen LogP contribution in [0.2, 0.25) is 0 Å². The molecule has 2 aromatic rings. The van der Waals surface area contributed by atoms with Gasteiger partial charge in [0, 0.05) is 28.7 Å². The van der Waals surface area contributed by atoms with Crippen molar-refractivity contribution in [2.45, 2.75) is 23.1 Å². The summed E-state index contributed by atoms with van der Waals surface area (Å²) >= 11 is -1.29. The normalized spacial score (nSPS) is 16.6. The number of aryl methyl sites for hydroxylation is 1. The van der Waals surface area contributed by atoms with Crippen LogP contribution in [0, 0.1) is 6.92 Å². The molecule has 1 aliphatic rings. The molecular formula is C15H12O3S. The van der Waals surface area contributed by atoms with Crippen molar-refractivity contribution in [3.8, 4) is 0 Å². The van der Waals surface area contributed by atoms with E-state index in [2.05, 4.69) is 0 Å². The standard InChI is InChI=1S/C15H12O3S/c1-9-6-7-13-11(14(9)15(16)17)8-10-4-2-3-5-12(10)19(13)18/h2-7H,8H2,1H3,(H,16,17). The summed E-state index contributed by atoms with van der Waals surface area (Å²) in [5.74, 6) is -0.953. The number of fused-ring (bicyclic) bond motifs is 2. The third-order valence-electron chi connectivity index (χ3n) is 3.43. The zero-order valence-corrected chi connectivity index (χ0v) is 11.2. The minimum Gasteiger partial charge on any atom is -0.606 e. The van der Waals surface area contributed by atoms with E-state index in [0.29, 0.717) is 28.0 Å². The summed E-state index contributed by atoms with van der Waals surface area (Å²) in [5.41, 5.74) is 2.63. The zero-order valence-electron chi connectivity index (χ0n) is 10.3. The van der Waals surface area contributed by atoms with E-state index < -0.39 is 17.1 Å². The average molecular weight is 272 g/mol. The van der Waals surface area contributed by atoms with E-state index in [0.717, 1.165) is 10.5 Å². The second-order valence-corrected chi connectivity index (χ2v) is 6.01. The fraction of sp³-hybridized carbons (Fsp3) is 0.133. The molecule has 0 saturated carbocycles. The van der Waals surface area contributed by atoms with Crippen molar-refractivity contribution in [3.05, 3.63) is 58.7 Å². The fourth-order valence-corrected chi connectivity index (χ4v) is 3.94. The molecule has 4 heteroatoms. The third kappa shape index (κ3) is 1.84. The van der Waals surface area contributed by atoms with Crippen molar-refractivity contribution in [2.75, 3.05) is 0 Å². The van der Waals surface area contributed by atoms with Crippen molar-refractivity contribution >= 4 is 17.1 Å². The Labute approximate surface area is 114 Å². The molecule has 1 N–H and O–H groups in total. The van der Waals surface area contributed by atoms with E-state index >= 15 is 0 Å². The van der Waals surface area contributed by atoms with Gasteiger partial charge in [0.05, 0.1) is 5.56 Å². The van der Waals surface area contributed by atoms with E-state index in [-0.39, 0.29) is 0 Å². The van der Waals surface area contributed by atoms with Crippen LogP contribution in [-0.2, 0) is 17.6 Å². The molecule has 1 heterocycles. The van der Waals surface area contributed by atoms with Gasteiger partial charge in [0.25, 0.3) is 0 Å². The lowest BCUT2D eigenvalue weighted by molar-refractivity contribution is 0.0694. The van der Waals surface area contributed by atoms with Crippen LogP contribution in [0.1, 0.15) is 27.0 Å². The lowest BCUT2D eigenvalue weighted by Gasteiger charge is -2.23. The summed E-state index contributed by atoms with van der Waals surface area (Å²) in [5, 5.41) is 9.36. The summed E-state index contributed by atoms with van der Waals surface area (Å²) < 4.78 is 12.5. The number of aromatic carboxylic acids is 1. The first-order valence-electron chi connectivity index (χ1n) is 5.95. The van der Waals surface area contributed by atoms with E-state index in [1.807, 2.05) is 24.3 Å². The molecule has 0 radical (unpaired) electrons. The highest BCUT2D eigenvalue weighted by molar-refractivity contribution is 7.91. The second kappa shape index (κ2) is 4.40. The minimum atomic E-state index is -1.29. The van der Waals surface area contributed by atoms with Crippen molar-refractivity contribution in [2.24, 2.45) is 0 Å². The highest BCUT2D eigenvalue weighted by Crippen LogP contribution is 2.36. The van der Waals surface area contributed by atoms with Gasteiger partial charge < -0.3 is 9.66 Å². The Morgan fingerprint density at radius 1 is 1.21 bits per heavy atom. The molecule has 0 saturated heterocycles. The fourth-order valence-electron chi connectivity index (χ4n) is 2.53.